The summed E-state index contributed by atoms with van der Waals surface area (Å²) in [6, 6.07) is 11.6. The average Bonchev–Trinajstić information content (AvgIpc) is 3.41. The Morgan fingerprint density at radius 2 is 2.12 bits per heavy atom. The Hall–Kier alpha value is -2.13. The fraction of sp³-hybridized carbons (Fsp3) is 0.222. The Kier molecular flexibility index (Phi) is 4.36. The van der Waals surface area contributed by atoms with Crippen molar-refractivity contribution in [2.24, 2.45) is 0 Å². The third kappa shape index (κ3) is 3.05. The van der Waals surface area contributed by atoms with Crippen molar-refractivity contribution in [1.82, 2.24) is 4.72 Å². The van der Waals surface area contributed by atoms with Crippen LogP contribution < -0.4 is 9.46 Å². The second-order valence-corrected chi connectivity index (χ2v) is 8.72. The van der Waals surface area contributed by atoms with Crippen molar-refractivity contribution in [3.8, 4) is 5.75 Å². The number of thiophene rings is 1. The Morgan fingerprint density at radius 3 is 2.85 bits per heavy atom. The van der Waals surface area contributed by atoms with Crippen LogP contribution in [0.1, 0.15) is 16.2 Å². The SMILES string of the molecule is O=S(=O)(NCC(O)(c1ccco1)c1cccs1)c1ccc2c(c1)CCO2. The maximum Gasteiger partial charge on any atom is 0.240 e. The lowest BCUT2D eigenvalue weighted by Gasteiger charge is -2.25. The van der Waals surface area contributed by atoms with Gasteiger partial charge in [-0.15, -0.1) is 11.3 Å². The van der Waals surface area contributed by atoms with Gasteiger partial charge in [-0.25, -0.2) is 13.1 Å². The van der Waals surface area contributed by atoms with E-state index in [1.165, 1.54) is 23.7 Å². The van der Waals surface area contributed by atoms with Crippen LogP contribution in [0, 0.1) is 0 Å². The Labute approximate surface area is 155 Å². The molecule has 3 heterocycles. The lowest BCUT2D eigenvalue weighted by molar-refractivity contribution is 0.0655. The normalized spacial score (nSPS) is 16.0. The maximum absolute atomic E-state index is 12.7. The van der Waals surface area contributed by atoms with Gasteiger partial charge in [0.05, 0.1) is 24.3 Å². The highest BCUT2D eigenvalue weighted by molar-refractivity contribution is 7.89. The molecule has 0 aliphatic carbocycles. The number of ether oxygens (including phenoxy) is 1. The number of benzene rings is 1. The van der Waals surface area contributed by atoms with E-state index in [2.05, 4.69) is 4.72 Å². The van der Waals surface area contributed by atoms with E-state index in [0.717, 1.165) is 11.3 Å². The predicted octanol–water partition coefficient (Wildman–Crippen LogP) is 2.49. The van der Waals surface area contributed by atoms with Crippen molar-refractivity contribution in [1.29, 1.82) is 0 Å². The van der Waals surface area contributed by atoms with Crippen LogP contribution in [0.5, 0.6) is 5.75 Å². The van der Waals surface area contributed by atoms with Gasteiger partial charge in [0.1, 0.15) is 11.5 Å². The minimum absolute atomic E-state index is 0.148. The van der Waals surface area contributed by atoms with Gasteiger partial charge in [-0.2, -0.15) is 0 Å². The molecule has 136 valence electrons. The van der Waals surface area contributed by atoms with Crippen LogP contribution in [0.15, 0.2) is 63.4 Å². The molecule has 1 unspecified atom stereocenters. The summed E-state index contributed by atoms with van der Waals surface area (Å²) in [5.74, 6) is 1.000. The lowest BCUT2D eigenvalue weighted by atomic mass is 9.99. The zero-order valence-electron chi connectivity index (χ0n) is 13.7. The molecule has 4 rings (SSSR count). The molecule has 1 atom stereocenters. The van der Waals surface area contributed by atoms with Crippen molar-refractivity contribution in [2.75, 3.05) is 13.2 Å². The number of hydrogen-bond donors (Lipinski definition) is 2. The largest absolute Gasteiger partial charge is 0.493 e. The molecule has 0 saturated heterocycles. The Balaban J connectivity index is 1.61. The van der Waals surface area contributed by atoms with E-state index in [0.29, 0.717) is 17.9 Å². The number of rotatable bonds is 6. The van der Waals surface area contributed by atoms with Crippen LogP contribution in [-0.2, 0) is 22.0 Å². The summed E-state index contributed by atoms with van der Waals surface area (Å²) in [4.78, 5) is 0.743. The summed E-state index contributed by atoms with van der Waals surface area (Å²) < 4.78 is 38.7. The van der Waals surface area contributed by atoms with Gasteiger partial charge in [0.15, 0.2) is 5.60 Å². The zero-order chi connectivity index (χ0) is 18.2. The molecule has 0 bridgehead atoms. The quantitative estimate of drug-likeness (QED) is 0.674. The van der Waals surface area contributed by atoms with Crippen molar-refractivity contribution >= 4 is 21.4 Å². The summed E-state index contributed by atoms with van der Waals surface area (Å²) in [5.41, 5.74) is -0.711. The van der Waals surface area contributed by atoms with Crippen molar-refractivity contribution < 1.29 is 22.7 Å². The van der Waals surface area contributed by atoms with E-state index in [9.17, 15) is 13.5 Å². The summed E-state index contributed by atoms with van der Waals surface area (Å²) in [5, 5.41) is 13.0. The van der Waals surface area contributed by atoms with Gasteiger partial charge in [-0.3, -0.25) is 0 Å². The lowest BCUT2D eigenvalue weighted by Crippen LogP contribution is -2.40. The van der Waals surface area contributed by atoms with Crippen LogP contribution in [-0.4, -0.2) is 26.7 Å². The smallest absolute Gasteiger partial charge is 0.240 e. The highest BCUT2D eigenvalue weighted by atomic mass is 32.2. The van der Waals surface area contributed by atoms with E-state index in [1.54, 1.807) is 36.4 Å². The first-order chi connectivity index (χ1) is 12.5. The van der Waals surface area contributed by atoms with Crippen LogP contribution in [0.25, 0.3) is 0 Å². The number of fused-ring (bicyclic) bond motifs is 1. The third-order valence-electron chi connectivity index (χ3n) is 4.35. The highest BCUT2D eigenvalue weighted by Gasteiger charge is 2.37. The van der Waals surface area contributed by atoms with Gasteiger partial charge >= 0.3 is 0 Å². The summed E-state index contributed by atoms with van der Waals surface area (Å²) in [6.45, 7) is 0.319. The highest BCUT2D eigenvalue weighted by Crippen LogP contribution is 2.33. The minimum Gasteiger partial charge on any atom is -0.493 e. The number of aliphatic hydroxyl groups is 1. The number of furan rings is 1. The maximum atomic E-state index is 12.7. The molecule has 2 aromatic heterocycles. The molecule has 26 heavy (non-hydrogen) atoms. The van der Waals surface area contributed by atoms with Gasteiger partial charge in [-0.1, -0.05) is 6.07 Å². The number of hydrogen-bond acceptors (Lipinski definition) is 6. The van der Waals surface area contributed by atoms with Gasteiger partial charge < -0.3 is 14.3 Å². The molecule has 0 fully saturated rings. The molecule has 0 amide bonds. The van der Waals surface area contributed by atoms with Crippen molar-refractivity contribution in [3.05, 3.63) is 70.3 Å². The second kappa shape index (κ2) is 6.55. The van der Waals surface area contributed by atoms with Crippen molar-refractivity contribution in [3.63, 3.8) is 0 Å². The predicted molar refractivity (Wildman–Crippen MR) is 96.9 cm³/mol. The molecule has 1 aliphatic rings. The Morgan fingerprint density at radius 1 is 1.23 bits per heavy atom. The zero-order valence-corrected chi connectivity index (χ0v) is 15.3. The van der Waals surface area contributed by atoms with E-state index in [4.69, 9.17) is 9.15 Å². The monoisotopic (exact) mass is 391 g/mol. The summed E-state index contributed by atoms with van der Waals surface area (Å²) in [6.07, 6.45) is 2.13. The minimum atomic E-state index is -3.80. The van der Waals surface area contributed by atoms with Crippen LogP contribution in [0.2, 0.25) is 0 Å². The average molecular weight is 391 g/mol. The van der Waals surface area contributed by atoms with Gasteiger partial charge in [-0.05, 0) is 47.3 Å². The second-order valence-electron chi connectivity index (χ2n) is 6.01. The fourth-order valence-corrected chi connectivity index (χ4v) is 4.88. The van der Waals surface area contributed by atoms with E-state index < -0.39 is 15.6 Å². The molecule has 0 radical (unpaired) electrons. The van der Waals surface area contributed by atoms with Gasteiger partial charge in [0.2, 0.25) is 10.0 Å². The third-order valence-corrected chi connectivity index (χ3v) is 6.77. The summed E-state index contributed by atoms with van der Waals surface area (Å²) in [7, 11) is -3.80. The first-order valence-electron chi connectivity index (χ1n) is 8.05. The molecular weight excluding hydrogens is 374 g/mol. The van der Waals surface area contributed by atoms with Crippen LogP contribution in [0.4, 0.5) is 0 Å². The molecule has 0 spiro atoms. The fourth-order valence-electron chi connectivity index (χ4n) is 2.94. The first kappa shape index (κ1) is 17.3. The van der Waals surface area contributed by atoms with Crippen LogP contribution >= 0.6 is 11.3 Å². The molecule has 2 N–H and O–H groups in total. The molecule has 1 aromatic carbocycles. The van der Waals surface area contributed by atoms with Crippen molar-refractivity contribution in [2.45, 2.75) is 16.9 Å². The van der Waals surface area contributed by atoms with Gasteiger partial charge in [0.25, 0.3) is 0 Å². The Bertz CT molecular complexity index is 960. The number of nitrogens with one attached hydrogen (secondary N) is 1. The molecule has 3 aromatic rings. The molecular formula is C18H17NO5S2. The van der Waals surface area contributed by atoms with E-state index in [1.807, 2.05) is 5.38 Å². The topological polar surface area (TPSA) is 88.8 Å². The standard InChI is InChI=1S/C18H17NO5S2/c20-18(16-3-1-8-24-16,17-4-2-10-25-17)12-19-26(21,22)14-5-6-15-13(11-14)7-9-23-15/h1-6,8,10-11,19-20H,7,9,12H2. The first-order valence-corrected chi connectivity index (χ1v) is 10.4. The summed E-state index contributed by atoms with van der Waals surface area (Å²) >= 11 is 1.33. The van der Waals surface area contributed by atoms with E-state index >= 15 is 0 Å². The van der Waals surface area contributed by atoms with E-state index in [-0.39, 0.29) is 17.2 Å². The molecule has 1 aliphatic heterocycles. The van der Waals surface area contributed by atoms with Crippen LogP contribution in [0.3, 0.4) is 0 Å². The number of sulfonamides is 1. The molecule has 0 saturated carbocycles. The molecule has 8 heteroatoms. The molecule has 6 nitrogen and oxygen atoms in total. The van der Waals surface area contributed by atoms with Gasteiger partial charge in [0, 0.05) is 11.3 Å².